The maximum atomic E-state index is 5.19. The van der Waals surface area contributed by atoms with Gasteiger partial charge in [0.15, 0.2) is 0 Å². The van der Waals surface area contributed by atoms with Crippen LogP contribution in [0.1, 0.15) is 5.69 Å². The molecule has 2 heterocycles. The fourth-order valence-electron chi connectivity index (χ4n) is 1.56. The van der Waals surface area contributed by atoms with Gasteiger partial charge >= 0.3 is 0 Å². The Morgan fingerprint density at radius 3 is 2.88 bits per heavy atom. The van der Waals surface area contributed by atoms with Crippen molar-refractivity contribution in [2.45, 2.75) is 6.92 Å². The van der Waals surface area contributed by atoms with Crippen LogP contribution in [0.2, 0.25) is 0 Å². The molecule has 1 aromatic carbocycles. The van der Waals surface area contributed by atoms with E-state index in [9.17, 15) is 0 Å². The highest BCUT2D eigenvalue weighted by molar-refractivity contribution is 7.24. The molecule has 4 nitrogen and oxygen atoms in total. The van der Waals surface area contributed by atoms with Gasteiger partial charge in [-0.1, -0.05) is 4.49 Å². The molecule has 0 atom stereocenters. The molecule has 0 N–H and O–H groups in total. The van der Waals surface area contributed by atoms with Gasteiger partial charge in [0, 0.05) is 6.07 Å². The molecule has 6 heteroatoms. The first-order valence-corrected chi connectivity index (χ1v) is 6.61. The highest BCUT2D eigenvalue weighted by Gasteiger charge is 2.12. The number of aromatic nitrogens is 3. The molecular weight excluding hydrogens is 254 g/mol. The van der Waals surface area contributed by atoms with Crippen molar-refractivity contribution in [2.24, 2.45) is 0 Å². The largest absolute Gasteiger partial charge is 0.497 e. The summed E-state index contributed by atoms with van der Waals surface area (Å²) in [4.78, 5) is 5.64. The summed E-state index contributed by atoms with van der Waals surface area (Å²) in [7, 11) is 1.66. The van der Waals surface area contributed by atoms with Crippen molar-refractivity contribution in [1.29, 1.82) is 0 Å². The first-order valence-electron chi connectivity index (χ1n) is 5.02. The fourth-order valence-corrected chi connectivity index (χ4v) is 3.28. The predicted molar refractivity (Wildman–Crippen MR) is 69.8 cm³/mol. The van der Waals surface area contributed by atoms with Crippen molar-refractivity contribution in [3.63, 3.8) is 0 Å². The SMILES string of the molecule is COc1ccc2sc(-c3snnc3C)nc2c1. The van der Waals surface area contributed by atoms with E-state index in [-0.39, 0.29) is 0 Å². The molecule has 0 aliphatic carbocycles. The molecule has 3 aromatic rings. The Hall–Kier alpha value is -1.53. The molecule has 0 amide bonds. The van der Waals surface area contributed by atoms with Crippen LogP contribution in [0.25, 0.3) is 20.1 Å². The van der Waals surface area contributed by atoms with E-state index in [2.05, 4.69) is 14.6 Å². The number of thiazole rings is 1. The zero-order valence-electron chi connectivity index (χ0n) is 9.30. The van der Waals surface area contributed by atoms with Gasteiger partial charge in [0.05, 0.1) is 23.0 Å². The van der Waals surface area contributed by atoms with Crippen molar-refractivity contribution in [2.75, 3.05) is 7.11 Å². The maximum Gasteiger partial charge on any atom is 0.138 e. The lowest BCUT2D eigenvalue weighted by Crippen LogP contribution is -1.81. The van der Waals surface area contributed by atoms with E-state index in [4.69, 9.17) is 4.74 Å². The van der Waals surface area contributed by atoms with Crippen LogP contribution < -0.4 is 4.74 Å². The van der Waals surface area contributed by atoms with Crippen molar-refractivity contribution >= 4 is 33.1 Å². The minimum absolute atomic E-state index is 0.827. The topological polar surface area (TPSA) is 47.9 Å². The Morgan fingerprint density at radius 1 is 1.29 bits per heavy atom. The third-order valence-electron chi connectivity index (χ3n) is 2.44. The average molecular weight is 263 g/mol. The number of rotatable bonds is 2. The monoisotopic (exact) mass is 263 g/mol. The predicted octanol–water partition coefficient (Wildman–Crippen LogP) is 3.13. The van der Waals surface area contributed by atoms with Gasteiger partial charge in [-0.2, -0.15) is 0 Å². The molecule has 0 unspecified atom stereocenters. The van der Waals surface area contributed by atoms with Crippen LogP contribution in [0.15, 0.2) is 18.2 Å². The van der Waals surface area contributed by atoms with E-state index in [1.165, 1.54) is 11.5 Å². The molecule has 17 heavy (non-hydrogen) atoms. The summed E-state index contributed by atoms with van der Waals surface area (Å²) in [5.74, 6) is 0.827. The Labute approximate surface area is 106 Å². The maximum absolute atomic E-state index is 5.19. The second-order valence-corrected chi connectivity index (χ2v) is 5.32. The summed E-state index contributed by atoms with van der Waals surface area (Å²) < 4.78 is 10.3. The van der Waals surface area contributed by atoms with Gasteiger partial charge in [0.2, 0.25) is 0 Å². The smallest absolute Gasteiger partial charge is 0.138 e. The first-order chi connectivity index (χ1) is 8.28. The minimum atomic E-state index is 0.827. The van der Waals surface area contributed by atoms with Gasteiger partial charge in [-0.05, 0) is 30.6 Å². The van der Waals surface area contributed by atoms with Gasteiger partial charge in [-0.3, -0.25) is 0 Å². The molecule has 2 aromatic heterocycles. The van der Waals surface area contributed by atoms with E-state index in [0.717, 1.165) is 31.5 Å². The molecule has 0 saturated heterocycles. The van der Waals surface area contributed by atoms with Crippen molar-refractivity contribution in [3.8, 4) is 15.6 Å². The van der Waals surface area contributed by atoms with E-state index < -0.39 is 0 Å². The Bertz CT molecular complexity index is 674. The summed E-state index contributed by atoms with van der Waals surface area (Å²) in [5, 5.41) is 4.98. The molecule has 86 valence electrons. The molecule has 0 bridgehead atoms. The second-order valence-electron chi connectivity index (χ2n) is 3.54. The van der Waals surface area contributed by atoms with Crippen LogP contribution in [-0.2, 0) is 0 Å². The normalized spacial score (nSPS) is 10.9. The van der Waals surface area contributed by atoms with Crippen LogP contribution in [-0.4, -0.2) is 21.7 Å². The Morgan fingerprint density at radius 2 is 2.18 bits per heavy atom. The lowest BCUT2D eigenvalue weighted by molar-refractivity contribution is 0.415. The summed E-state index contributed by atoms with van der Waals surface area (Å²) in [6, 6.07) is 5.92. The van der Waals surface area contributed by atoms with Crippen LogP contribution in [0.3, 0.4) is 0 Å². The van der Waals surface area contributed by atoms with Crippen molar-refractivity contribution < 1.29 is 4.74 Å². The van der Waals surface area contributed by atoms with Gasteiger partial charge in [-0.25, -0.2) is 4.98 Å². The Balaban J connectivity index is 2.17. The number of methoxy groups -OCH3 is 1. The van der Waals surface area contributed by atoms with Crippen molar-refractivity contribution in [3.05, 3.63) is 23.9 Å². The molecule has 0 fully saturated rings. The van der Waals surface area contributed by atoms with Crippen LogP contribution in [0.4, 0.5) is 0 Å². The summed E-state index contributed by atoms with van der Waals surface area (Å²) in [5.41, 5.74) is 1.89. The van der Waals surface area contributed by atoms with Gasteiger partial charge in [-0.15, -0.1) is 16.4 Å². The fraction of sp³-hybridized carbons (Fsp3) is 0.182. The van der Waals surface area contributed by atoms with Gasteiger partial charge in [0.1, 0.15) is 15.6 Å². The van der Waals surface area contributed by atoms with E-state index >= 15 is 0 Å². The highest BCUT2D eigenvalue weighted by Crippen LogP contribution is 2.34. The minimum Gasteiger partial charge on any atom is -0.497 e. The van der Waals surface area contributed by atoms with Gasteiger partial charge < -0.3 is 4.74 Å². The van der Waals surface area contributed by atoms with E-state index in [0.29, 0.717) is 0 Å². The molecule has 0 spiro atoms. The van der Waals surface area contributed by atoms with Crippen LogP contribution >= 0.6 is 22.9 Å². The number of nitrogens with zero attached hydrogens (tertiary/aromatic N) is 3. The lowest BCUT2D eigenvalue weighted by Gasteiger charge is -1.96. The molecule has 0 radical (unpaired) electrons. The number of ether oxygens (including phenoxy) is 1. The van der Waals surface area contributed by atoms with Crippen LogP contribution in [0, 0.1) is 6.92 Å². The van der Waals surface area contributed by atoms with E-state index in [1.807, 2.05) is 25.1 Å². The molecule has 0 aliphatic heterocycles. The second kappa shape index (κ2) is 4.05. The van der Waals surface area contributed by atoms with Crippen LogP contribution in [0.5, 0.6) is 5.75 Å². The zero-order chi connectivity index (χ0) is 11.8. The molecule has 0 aliphatic rings. The highest BCUT2D eigenvalue weighted by atomic mass is 32.1. The average Bonchev–Trinajstić information content (AvgIpc) is 2.93. The first kappa shape index (κ1) is 10.6. The molecule has 3 rings (SSSR count). The number of aryl methyl sites for hydroxylation is 1. The third-order valence-corrected chi connectivity index (χ3v) is 4.46. The summed E-state index contributed by atoms with van der Waals surface area (Å²) in [6.45, 7) is 1.95. The molecule has 0 saturated carbocycles. The number of fused-ring (bicyclic) bond motifs is 1. The quantitative estimate of drug-likeness (QED) is 0.712. The standard InChI is InChI=1S/C11H9N3OS2/c1-6-10(17-14-13-6)11-12-8-5-7(15-2)3-4-9(8)16-11/h3-5H,1-2H3. The lowest BCUT2D eigenvalue weighted by atomic mass is 10.3. The summed E-state index contributed by atoms with van der Waals surface area (Å²) in [6.07, 6.45) is 0. The third kappa shape index (κ3) is 1.79. The van der Waals surface area contributed by atoms with E-state index in [1.54, 1.807) is 18.4 Å². The van der Waals surface area contributed by atoms with Gasteiger partial charge in [0.25, 0.3) is 0 Å². The zero-order valence-corrected chi connectivity index (χ0v) is 10.9. The summed E-state index contributed by atoms with van der Waals surface area (Å²) >= 11 is 3.04. The number of benzene rings is 1. The van der Waals surface area contributed by atoms with Crippen molar-refractivity contribution in [1.82, 2.24) is 14.6 Å². The molecular formula is C11H9N3OS2. The Kier molecular flexibility index (Phi) is 2.53. The number of hydrogen-bond donors (Lipinski definition) is 0. The number of hydrogen-bond acceptors (Lipinski definition) is 6.